The van der Waals surface area contributed by atoms with Crippen LogP contribution in [0.5, 0.6) is 0 Å². The van der Waals surface area contributed by atoms with Crippen LogP contribution in [0.1, 0.15) is 30.9 Å². The summed E-state index contributed by atoms with van der Waals surface area (Å²) in [5.74, 6) is 0.108. The fraction of sp³-hybridized carbons (Fsp3) is 0.579. The summed E-state index contributed by atoms with van der Waals surface area (Å²) in [4.78, 5) is 19.6. The molecule has 0 spiro atoms. The van der Waals surface area contributed by atoms with Gasteiger partial charge in [-0.25, -0.2) is 14.2 Å². The van der Waals surface area contributed by atoms with E-state index < -0.39 is 0 Å². The Morgan fingerprint density at radius 2 is 2.11 bits per heavy atom. The number of nitrogens with two attached hydrogens (primary N) is 1. The summed E-state index contributed by atoms with van der Waals surface area (Å²) in [6.07, 6.45) is 1.29. The fourth-order valence-corrected chi connectivity index (χ4v) is 3.01. The molecule has 1 saturated heterocycles. The SMILES string of the molecule is CCOC(=O)N1CCC(NC(N)=NCc2ccc(CN(C)C)c(F)c2)CC1. The Morgan fingerprint density at radius 1 is 1.41 bits per heavy atom. The zero-order valence-corrected chi connectivity index (χ0v) is 16.4. The van der Waals surface area contributed by atoms with Crippen molar-refractivity contribution in [2.45, 2.75) is 38.9 Å². The van der Waals surface area contributed by atoms with Crippen molar-refractivity contribution >= 4 is 12.1 Å². The summed E-state index contributed by atoms with van der Waals surface area (Å²) in [6.45, 7) is 4.31. The van der Waals surface area contributed by atoms with Crippen LogP contribution in [0.4, 0.5) is 9.18 Å². The van der Waals surface area contributed by atoms with Gasteiger partial charge in [0.25, 0.3) is 0 Å². The number of nitrogens with one attached hydrogen (secondary N) is 1. The standard InChI is InChI=1S/C19H30FN5O2/c1-4-27-19(26)25-9-7-16(8-10-25)23-18(21)22-12-14-5-6-15(13-24(2)3)17(20)11-14/h5-6,11,16H,4,7-10,12-13H2,1-3H3,(H3,21,22,23). The van der Waals surface area contributed by atoms with E-state index in [1.165, 1.54) is 6.07 Å². The molecule has 1 heterocycles. The first-order valence-corrected chi connectivity index (χ1v) is 9.29. The van der Waals surface area contributed by atoms with Gasteiger partial charge in [0.05, 0.1) is 13.2 Å². The predicted molar refractivity (Wildman–Crippen MR) is 104 cm³/mol. The Morgan fingerprint density at radius 3 is 2.70 bits per heavy atom. The first-order valence-electron chi connectivity index (χ1n) is 9.29. The van der Waals surface area contributed by atoms with Gasteiger partial charge >= 0.3 is 6.09 Å². The van der Waals surface area contributed by atoms with Crippen LogP contribution in [0, 0.1) is 5.82 Å². The molecule has 0 unspecified atom stereocenters. The van der Waals surface area contributed by atoms with E-state index in [9.17, 15) is 9.18 Å². The topological polar surface area (TPSA) is 83.2 Å². The number of hydrogen-bond donors (Lipinski definition) is 2. The van der Waals surface area contributed by atoms with E-state index >= 15 is 0 Å². The van der Waals surface area contributed by atoms with Crippen LogP contribution in [0.25, 0.3) is 0 Å². The molecular weight excluding hydrogens is 349 g/mol. The van der Waals surface area contributed by atoms with Crippen LogP contribution in [-0.4, -0.2) is 61.7 Å². The van der Waals surface area contributed by atoms with E-state index in [4.69, 9.17) is 10.5 Å². The van der Waals surface area contributed by atoms with Gasteiger partial charge < -0.3 is 25.6 Å². The molecule has 1 aromatic rings. The Balaban J connectivity index is 1.81. The fourth-order valence-electron chi connectivity index (χ4n) is 3.01. The number of amides is 1. The molecule has 0 aromatic heterocycles. The first-order chi connectivity index (χ1) is 12.9. The lowest BCUT2D eigenvalue weighted by molar-refractivity contribution is 0.0963. The van der Waals surface area contributed by atoms with Crippen LogP contribution in [0.15, 0.2) is 23.2 Å². The van der Waals surface area contributed by atoms with E-state index in [0.29, 0.717) is 44.3 Å². The first kappa shape index (κ1) is 21.0. The van der Waals surface area contributed by atoms with Gasteiger partial charge in [-0.1, -0.05) is 12.1 Å². The number of halogens is 1. The maximum atomic E-state index is 14.1. The third-order valence-electron chi connectivity index (χ3n) is 4.41. The average Bonchev–Trinajstić information content (AvgIpc) is 2.62. The summed E-state index contributed by atoms with van der Waals surface area (Å²) >= 11 is 0. The van der Waals surface area contributed by atoms with Crippen molar-refractivity contribution in [1.29, 1.82) is 0 Å². The molecule has 8 heteroatoms. The van der Waals surface area contributed by atoms with E-state index in [1.54, 1.807) is 17.9 Å². The monoisotopic (exact) mass is 379 g/mol. The molecule has 0 aliphatic carbocycles. The van der Waals surface area contributed by atoms with E-state index in [-0.39, 0.29) is 18.0 Å². The largest absolute Gasteiger partial charge is 0.450 e. The number of carbonyl (C=O) groups excluding carboxylic acids is 1. The number of carbonyl (C=O) groups is 1. The van der Waals surface area contributed by atoms with Gasteiger partial charge in [-0.3, -0.25) is 0 Å². The molecule has 27 heavy (non-hydrogen) atoms. The minimum absolute atomic E-state index is 0.165. The molecule has 1 aromatic carbocycles. The number of piperidine rings is 1. The number of guanidine groups is 1. The van der Waals surface area contributed by atoms with Crippen LogP contribution in [0.2, 0.25) is 0 Å². The Kier molecular flexibility index (Phi) is 7.84. The van der Waals surface area contributed by atoms with Crippen molar-refractivity contribution in [1.82, 2.24) is 15.1 Å². The maximum absolute atomic E-state index is 14.1. The highest BCUT2D eigenvalue weighted by molar-refractivity contribution is 5.78. The summed E-state index contributed by atoms with van der Waals surface area (Å²) in [6, 6.07) is 5.33. The number of likely N-dealkylation sites (tertiary alicyclic amines) is 1. The molecule has 0 radical (unpaired) electrons. The lowest BCUT2D eigenvalue weighted by atomic mass is 10.1. The highest BCUT2D eigenvalue weighted by Gasteiger charge is 2.23. The third-order valence-corrected chi connectivity index (χ3v) is 4.41. The number of aliphatic imine (C=N–C) groups is 1. The van der Waals surface area contributed by atoms with Crippen LogP contribution in [0.3, 0.4) is 0 Å². The lowest BCUT2D eigenvalue weighted by Crippen LogP contribution is -2.48. The molecule has 1 amide bonds. The number of ether oxygens (including phenoxy) is 1. The van der Waals surface area contributed by atoms with Crippen LogP contribution in [-0.2, 0) is 17.8 Å². The van der Waals surface area contributed by atoms with Gasteiger partial charge in [0.2, 0.25) is 0 Å². The molecule has 0 atom stereocenters. The van der Waals surface area contributed by atoms with Gasteiger partial charge in [0.15, 0.2) is 5.96 Å². The highest BCUT2D eigenvalue weighted by atomic mass is 19.1. The van der Waals surface area contributed by atoms with Gasteiger partial charge in [0, 0.05) is 31.2 Å². The summed E-state index contributed by atoms with van der Waals surface area (Å²) in [5.41, 5.74) is 7.40. The van der Waals surface area contributed by atoms with Gasteiger partial charge in [-0.05, 0) is 45.5 Å². The molecular formula is C19H30FN5O2. The van der Waals surface area contributed by atoms with Crippen molar-refractivity contribution in [2.24, 2.45) is 10.7 Å². The zero-order valence-electron chi connectivity index (χ0n) is 16.4. The number of hydrogen-bond acceptors (Lipinski definition) is 4. The summed E-state index contributed by atoms with van der Waals surface area (Å²) < 4.78 is 19.1. The molecule has 7 nitrogen and oxygen atoms in total. The normalized spacial score (nSPS) is 15.9. The van der Waals surface area contributed by atoms with Crippen molar-refractivity contribution < 1.29 is 13.9 Å². The minimum atomic E-state index is -0.266. The molecule has 2 rings (SSSR count). The Bertz CT molecular complexity index is 658. The highest BCUT2D eigenvalue weighted by Crippen LogP contribution is 2.13. The Hall–Kier alpha value is -2.35. The second kappa shape index (κ2) is 10.1. The molecule has 0 bridgehead atoms. The number of nitrogens with zero attached hydrogens (tertiary/aromatic N) is 3. The average molecular weight is 379 g/mol. The van der Waals surface area contributed by atoms with Crippen molar-refractivity contribution in [3.63, 3.8) is 0 Å². The van der Waals surface area contributed by atoms with E-state index in [1.807, 2.05) is 25.1 Å². The van der Waals surface area contributed by atoms with Crippen molar-refractivity contribution in [3.8, 4) is 0 Å². The van der Waals surface area contributed by atoms with Gasteiger partial charge in [0.1, 0.15) is 5.82 Å². The molecule has 1 aliphatic heterocycles. The molecule has 1 fully saturated rings. The predicted octanol–water partition coefficient (Wildman–Crippen LogP) is 1.91. The maximum Gasteiger partial charge on any atom is 0.409 e. The second-order valence-electron chi connectivity index (χ2n) is 6.97. The molecule has 1 aliphatic rings. The second-order valence-corrected chi connectivity index (χ2v) is 6.97. The summed E-state index contributed by atoms with van der Waals surface area (Å²) in [7, 11) is 3.81. The third kappa shape index (κ3) is 6.71. The van der Waals surface area contributed by atoms with E-state index in [0.717, 1.165) is 18.4 Å². The number of rotatable bonds is 6. The smallest absolute Gasteiger partial charge is 0.409 e. The number of benzene rings is 1. The Labute approximate surface area is 160 Å². The van der Waals surface area contributed by atoms with Crippen LogP contribution < -0.4 is 11.1 Å². The molecule has 3 N–H and O–H groups in total. The van der Waals surface area contributed by atoms with Gasteiger partial charge in [-0.15, -0.1) is 0 Å². The zero-order chi connectivity index (χ0) is 19.8. The van der Waals surface area contributed by atoms with Crippen LogP contribution >= 0.6 is 0 Å². The van der Waals surface area contributed by atoms with Gasteiger partial charge in [-0.2, -0.15) is 0 Å². The molecule has 0 saturated carbocycles. The van der Waals surface area contributed by atoms with Crippen molar-refractivity contribution in [3.05, 3.63) is 35.1 Å². The molecule has 150 valence electrons. The quantitative estimate of drug-likeness (QED) is 0.583. The summed E-state index contributed by atoms with van der Waals surface area (Å²) in [5, 5.41) is 3.18. The lowest BCUT2D eigenvalue weighted by Gasteiger charge is -2.31. The van der Waals surface area contributed by atoms with Crippen molar-refractivity contribution in [2.75, 3.05) is 33.8 Å². The minimum Gasteiger partial charge on any atom is -0.450 e. The van der Waals surface area contributed by atoms with E-state index in [2.05, 4.69) is 10.3 Å².